The molecule has 0 spiro atoms. The van der Waals surface area contributed by atoms with Crippen LogP contribution in [-0.4, -0.2) is 36.9 Å². The van der Waals surface area contributed by atoms with Crippen molar-refractivity contribution >= 4 is 5.78 Å². The summed E-state index contributed by atoms with van der Waals surface area (Å²) in [6, 6.07) is 8.75. The van der Waals surface area contributed by atoms with E-state index in [-0.39, 0.29) is 5.78 Å². The first-order valence-electron chi connectivity index (χ1n) is 7.43. The molecule has 0 bridgehead atoms. The highest BCUT2D eigenvalue weighted by atomic mass is 16.5. The van der Waals surface area contributed by atoms with E-state index in [9.17, 15) is 4.79 Å². The number of nitrogens with zero attached hydrogens (tertiary/aromatic N) is 1. The highest BCUT2D eigenvalue weighted by Crippen LogP contribution is 2.15. The van der Waals surface area contributed by atoms with Gasteiger partial charge in [-0.2, -0.15) is 0 Å². The molecule has 0 radical (unpaired) electrons. The van der Waals surface area contributed by atoms with Crippen LogP contribution >= 0.6 is 0 Å². The molecule has 0 aliphatic rings. The average molecular weight is 277 g/mol. The Balaban J connectivity index is 2.48. The Morgan fingerprint density at radius 2 is 1.95 bits per heavy atom. The van der Waals surface area contributed by atoms with Crippen LogP contribution in [0.1, 0.15) is 39.2 Å². The molecule has 0 heterocycles. The summed E-state index contributed by atoms with van der Waals surface area (Å²) in [6.07, 6.45) is 2.67. The fraction of sp³-hybridized carbons (Fsp3) is 0.588. The third-order valence-electron chi connectivity index (χ3n) is 3.69. The quantitative estimate of drug-likeness (QED) is 0.693. The van der Waals surface area contributed by atoms with Gasteiger partial charge in [-0.25, -0.2) is 0 Å². The second kappa shape index (κ2) is 8.75. The van der Waals surface area contributed by atoms with Gasteiger partial charge in [0.1, 0.15) is 11.5 Å². The van der Waals surface area contributed by atoms with E-state index in [0.29, 0.717) is 12.5 Å². The first-order valence-corrected chi connectivity index (χ1v) is 7.43. The van der Waals surface area contributed by atoms with Crippen LogP contribution in [0.2, 0.25) is 0 Å². The van der Waals surface area contributed by atoms with Crippen molar-refractivity contribution in [3.8, 4) is 5.75 Å². The number of methoxy groups -OCH3 is 1. The Kier molecular flexibility index (Phi) is 7.31. The molecule has 0 saturated heterocycles. The average Bonchev–Trinajstić information content (AvgIpc) is 2.44. The maximum atomic E-state index is 11.0. The minimum Gasteiger partial charge on any atom is -0.497 e. The molecule has 0 fully saturated rings. The molecular formula is C17H27NO2. The van der Waals surface area contributed by atoms with Gasteiger partial charge in [-0.3, -0.25) is 0 Å². The number of carbonyl (C=O) groups is 1. The molecule has 0 amide bonds. The molecule has 1 aromatic rings. The van der Waals surface area contributed by atoms with Crippen molar-refractivity contribution in [1.82, 2.24) is 4.90 Å². The lowest BCUT2D eigenvalue weighted by Crippen LogP contribution is -2.35. The molecular weight excluding hydrogens is 250 g/mol. The van der Waals surface area contributed by atoms with Crippen LogP contribution in [0.5, 0.6) is 5.75 Å². The minimum atomic E-state index is 0.281. The summed E-state index contributed by atoms with van der Waals surface area (Å²) >= 11 is 0. The maximum Gasteiger partial charge on any atom is 0.129 e. The zero-order valence-corrected chi connectivity index (χ0v) is 13.2. The van der Waals surface area contributed by atoms with Crippen molar-refractivity contribution in [3.05, 3.63) is 29.8 Å². The van der Waals surface area contributed by atoms with E-state index in [1.54, 1.807) is 14.0 Å². The van der Waals surface area contributed by atoms with Crippen LogP contribution in [0.25, 0.3) is 0 Å². The lowest BCUT2D eigenvalue weighted by atomic mass is 10.1. The van der Waals surface area contributed by atoms with Crippen LogP contribution in [0.4, 0.5) is 0 Å². The number of hydrogen-bond donors (Lipinski definition) is 0. The van der Waals surface area contributed by atoms with Gasteiger partial charge in [0, 0.05) is 12.5 Å². The number of rotatable bonds is 9. The molecule has 20 heavy (non-hydrogen) atoms. The van der Waals surface area contributed by atoms with E-state index in [2.05, 4.69) is 30.9 Å². The lowest BCUT2D eigenvalue weighted by Gasteiger charge is -2.28. The second-order valence-electron chi connectivity index (χ2n) is 5.34. The fourth-order valence-corrected chi connectivity index (χ4v) is 2.45. The Hall–Kier alpha value is -1.35. The minimum absolute atomic E-state index is 0.281. The molecule has 112 valence electrons. The fourth-order valence-electron chi connectivity index (χ4n) is 2.45. The van der Waals surface area contributed by atoms with Gasteiger partial charge in [0.25, 0.3) is 0 Å². The first-order chi connectivity index (χ1) is 9.56. The number of ketones is 1. The monoisotopic (exact) mass is 277 g/mol. The zero-order chi connectivity index (χ0) is 15.0. The summed E-state index contributed by atoms with van der Waals surface area (Å²) in [4.78, 5) is 13.4. The molecule has 1 rings (SSSR count). The molecule has 0 aliphatic heterocycles. The van der Waals surface area contributed by atoms with Crippen LogP contribution < -0.4 is 4.74 Å². The van der Waals surface area contributed by atoms with Crippen molar-refractivity contribution < 1.29 is 9.53 Å². The summed E-state index contributed by atoms with van der Waals surface area (Å²) in [5, 5.41) is 0. The smallest absolute Gasteiger partial charge is 0.129 e. The number of Topliss-reactive ketones (excluding diaryl/α,β-unsaturated/α-hetero) is 1. The van der Waals surface area contributed by atoms with Crippen LogP contribution in [0, 0.1) is 0 Å². The summed E-state index contributed by atoms with van der Waals surface area (Å²) < 4.78 is 5.18. The molecule has 1 atom stereocenters. The van der Waals surface area contributed by atoms with Crippen molar-refractivity contribution in [1.29, 1.82) is 0 Å². The Bertz CT molecular complexity index is 400. The predicted octanol–water partition coefficient (Wildman–Crippen LogP) is 3.32. The summed E-state index contributed by atoms with van der Waals surface area (Å²) in [7, 11) is 1.69. The zero-order valence-electron chi connectivity index (χ0n) is 13.2. The van der Waals surface area contributed by atoms with Gasteiger partial charge in [-0.1, -0.05) is 19.1 Å². The normalized spacial score (nSPS) is 12.4. The molecule has 0 aromatic heterocycles. The van der Waals surface area contributed by atoms with E-state index in [0.717, 1.165) is 31.7 Å². The van der Waals surface area contributed by atoms with Crippen molar-refractivity contribution in [2.45, 2.75) is 46.1 Å². The van der Waals surface area contributed by atoms with E-state index >= 15 is 0 Å². The van der Waals surface area contributed by atoms with Gasteiger partial charge in [-0.05, 0) is 57.5 Å². The Morgan fingerprint density at radius 1 is 1.30 bits per heavy atom. The second-order valence-corrected chi connectivity index (χ2v) is 5.34. The Labute approximate surface area is 122 Å². The standard InChI is InChI=1S/C17H27NO2/c1-5-18(12-6-7-15(3)19)14(2)13-16-8-10-17(20-4)11-9-16/h8-11,14H,5-7,12-13H2,1-4H3. The molecule has 1 unspecified atom stereocenters. The number of hydrogen-bond acceptors (Lipinski definition) is 3. The molecule has 0 N–H and O–H groups in total. The van der Waals surface area contributed by atoms with Gasteiger partial charge in [-0.15, -0.1) is 0 Å². The largest absolute Gasteiger partial charge is 0.497 e. The molecule has 0 aliphatic carbocycles. The first kappa shape index (κ1) is 16.7. The van der Waals surface area contributed by atoms with E-state index in [4.69, 9.17) is 4.74 Å². The van der Waals surface area contributed by atoms with Gasteiger partial charge in [0.2, 0.25) is 0 Å². The van der Waals surface area contributed by atoms with Crippen LogP contribution in [0.15, 0.2) is 24.3 Å². The van der Waals surface area contributed by atoms with Crippen LogP contribution in [0.3, 0.4) is 0 Å². The number of carbonyl (C=O) groups excluding carboxylic acids is 1. The predicted molar refractivity (Wildman–Crippen MR) is 83.3 cm³/mol. The highest BCUT2D eigenvalue weighted by Gasteiger charge is 2.12. The van der Waals surface area contributed by atoms with Gasteiger partial charge in [0.05, 0.1) is 7.11 Å². The van der Waals surface area contributed by atoms with Gasteiger partial charge < -0.3 is 14.4 Å². The topological polar surface area (TPSA) is 29.5 Å². The SMILES string of the molecule is CCN(CCCC(C)=O)C(C)Cc1ccc(OC)cc1. The molecule has 0 saturated carbocycles. The van der Waals surface area contributed by atoms with Crippen molar-refractivity contribution in [2.24, 2.45) is 0 Å². The van der Waals surface area contributed by atoms with Crippen molar-refractivity contribution in [2.75, 3.05) is 20.2 Å². The third kappa shape index (κ3) is 5.74. The van der Waals surface area contributed by atoms with E-state index in [1.165, 1.54) is 5.56 Å². The van der Waals surface area contributed by atoms with Crippen molar-refractivity contribution in [3.63, 3.8) is 0 Å². The number of ether oxygens (including phenoxy) is 1. The van der Waals surface area contributed by atoms with Gasteiger partial charge >= 0.3 is 0 Å². The molecule has 1 aromatic carbocycles. The summed E-state index contributed by atoms with van der Waals surface area (Å²) in [5.41, 5.74) is 1.32. The highest BCUT2D eigenvalue weighted by molar-refractivity contribution is 5.75. The lowest BCUT2D eigenvalue weighted by molar-refractivity contribution is -0.117. The molecule has 3 heteroatoms. The number of likely N-dealkylation sites (N-methyl/N-ethyl adjacent to an activating group) is 1. The Morgan fingerprint density at radius 3 is 2.45 bits per heavy atom. The molecule has 3 nitrogen and oxygen atoms in total. The van der Waals surface area contributed by atoms with Crippen LogP contribution in [-0.2, 0) is 11.2 Å². The summed E-state index contributed by atoms with van der Waals surface area (Å²) in [6.45, 7) is 8.11. The maximum absolute atomic E-state index is 11.0. The van der Waals surface area contributed by atoms with E-state index in [1.807, 2.05) is 12.1 Å². The summed E-state index contributed by atoms with van der Waals surface area (Å²) in [5.74, 6) is 1.18. The number of benzene rings is 1. The van der Waals surface area contributed by atoms with Gasteiger partial charge in [0.15, 0.2) is 0 Å². The van der Waals surface area contributed by atoms with E-state index < -0.39 is 0 Å². The third-order valence-corrected chi connectivity index (χ3v) is 3.69.